The van der Waals surface area contributed by atoms with Gasteiger partial charge in [0.2, 0.25) is 5.50 Å². The van der Waals surface area contributed by atoms with Gasteiger partial charge in [-0.25, -0.2) is 12.8 Å². The van der Waals surface area contributed by atoms with E-state index in [2.05, 4.69) is 0 Å². The van der Waals surface area contributed by atoms with Gasteiger partial charge in [0.25, 0.3) is 0 Å². The van der Waals surface area contributed by atoms with E-state index >= 15 is 0 Å². The highest BCUT2D eigenvalue weighted by atomic mass is 32.2. The highest BCUT2D eigenvalue weighted by Gasteiger charge is 2.43. The topological polar surface area (TPSA) is 34.1 Å². The van der Waals surface area contributed by atoms with Crippen LogP contribution in [0, 0.1) is 5.92 Å². The molecule has 0 radical (unpaired) electrons. The number of hydrogen-bond donors (Lipinski definition) is 0. The van der Waals surface area contributed by atoms with Gasteiger partial charge in [0, 0.05) is 5.92 Å². The van der Waals surface area contributed by atoms with E-state index < -0.39 is 20.6 Å². The molecule has 3 atom stereocenters. The molecule has 4 heteroatoms. The monoisotopic (exact) mass is 166 g/mol. The Balaban J connectivity index is 2.97. The summed E-state index contributed by atoms with van der Waals surface area (Å²) >= 11 is 0. The van der Waals surface area contributed by atoms with Gasteiger partial charge < -0.3 is 0 Å². The Hall–Kier alpha value is -0.120. The van der Waals surface area contributed by atoms with Crippen molar-refractivity contribution < 1.29 is 12.8 Å². The maximum atomic E-state index is 12.8. The number of halogens is 1. The fourth-order valence-corrected chi connectivity index (χ4v) is 3.08. The molecule has 1 fully saturated rings. The lowest BCUT2D eigenvalue weighted by atomic mass is 10.1. The zero-order valence-corrected chi connectivity index (χ0v) is 6.86. The Morgan fingerprint density at radius 2 is 1.90 bits per heavy atom. The molecular weight excluding hydrogens is 155 g/mol. The van der Waals surface area contributed by atoms with Crippen LogP contribution in [-0.2, 0) is 9.84 Å². The minimum atomic E-state index is -3.42. The number of alkyl halides is 1. The van der Waals surface area contributed by atoms with Gasteiger partial charge in [-0.3, -0.25) is 0 Å². The predicted octanol–water partition coefficient (Wildman–Crippen LogP) is 1.13. The largest absolute Gasteiger partial charge is 0.230 e. The van der Waals surface area contributed by atoms with Crippen LogP contribution in [0.15, 0.2) is 0 Å². The third-order valence-corrected chi connectivity index (χ3v) is 4.43. The summed E-state index contributed by atoms with van der Waals surface area (Å²) in [4.78, 5) is 0. The van der Waals surface area contributed by atoms with E-state index in [4.69, 9.17) is 0 Å². The van der Waals surface area contributed by atoms with Crippen LogP contribution in [0.3, 0.4) is 0 Å². The smallest absolute Gasteiger partial charge is 0.203 e. The Morgan fingerprint density at radius 1 is 1.40 bits per heavy atom. The summed E-state index contributed by atoms with van der Waals surface area (Å²) in [6.45, 7) is 3.19. The summed E-state index contributed by atoms with van der Waals surface area (Å²) in [5.74, 6) is -0.319. The van der Waals surface area contributed by atoms with E-state index in [9.17, 15) is 12.8 Å². The van der Waals surface area contributed by atoms with Crippen molar-refractivity contribution in [3.8, 4) is 0 Å². The molecule has 0 aromatic heterocycles. The molecule has 3 unspecified atom stereocenters. The van der Waals surface area contributed by atoms with Gasteiger partial charge in [0.15, 0.2) is 9.84 Å². The molecule has 1 heterocycles. The second-order valence-electron chi connectivity index (χ2n) is 2.96. The maximum absolute atomic E-state index is 12.8. The Kier molecular flexibility index (Phi) is 1.75. The normalized spacial score (nSPS) is 45.7. The van der Waals surface area contributed by atoms with E-state index in [1.165, 1.54) is 0 Å². The minimum absolute atomic E-state index is 0.319. The van der Waals surface area contributed by atoms with Crippen molar-refractivity contribution in [2.24, 2.45) is 5.92 Å². The van der Waals surface area contributed by atoms with Crippen molar-refractivity contribution in [2.45, 2.75) is 31.0 Å². The maximum Gasteiger partial charge on any atom is 0.203 e. The zero-order chi connectivity index (χ0) is 7.94. The van der Waals surface area contributed by atoms with Crippen LogP contribution in [0.25, 0.3) is 0 Å². The lowest BCUT2D eigenvalue weighted by Gasteiger charge is -2.02. The quantitative estimate of drug-likeness (QED) is 0.540. The van der Waals surface area contributed by atoms with E-state index in [0.29, 0.717) is 6.42 Å². The number of sulfone groups is 1. The lowest BCUT2D eigenvalue weighted by molar-refractivity contribution is 0.338. The average Bonchev–Trinajstić information content (AvgIpc) is 1.97. The molecule has 1 aliphatic rings. The molecule has 0 N–H and O–H groups in total. The molecule has 1 saturated heterocycles. The summed E-state index contributed by atoms with van der Waals surface area (Å²) < 4.78 is 34.6. The molecule has 0 aliphatic carbocycles. The van der Waals surface area contributed by atoms with Gasteiger partial charge in [-0.05, 0) is 13.3 Å². The third kappa shape index (κ3) is 0.944. The minimum Gasteiger partial charge on any atom is -0.230 e. The molecule has 10 heavy (non-hydrogen) atoms. The molecule has 2 nitrogen and oxygen atoms in total. The van der Waals surface area contributed by atoms with Crippen LogP contribution in [0.4, 0.5) is 4.39 Å². The van der Waals surface area contributed by atoms with Crippen LogP contribution in [0.2, 0.25) is 0 Å². The van der Waals surface area contributed by atoms with Gasteiger partial charge in [0.05, 0.1) is 5.25 Å². The molecule has 0 aromatic rings. The summed E-state index contributed by atoms with van der Waals surface area (Å²) in [5, 5.41) is -0.488. The van der Waals surface area contributed by atoms with Crippen LogP contribution in [0.5, 0.6) is 0 Å². The van der Waals surface area contributed by atoms with Gasteiger partial charge in [-0.15, -0.1) is 0 Å². The highest BCUT2D eigenvalue weighted by Crippen LogP contribution is 2.32. The van der Waals surface area contributed by atoms with E-state index in [-0.39, 0.29) is 5.92 Å². The molecule has 1 aliphatic heterocycles. The highest BCUT2D eigenvalue weighted by molar-refractivity contribution is 7.92. The van der Waals surface area contributed by atoms with Gasteiger partial charge in [0.1, 0.15) is 0 Å². The van der Waals surface area contributed by atoms with Crippen molar-refractivity contribution in [1.29, 1.82) is 0 Å². The summed E-state index contributed by atoms with van der Waals surface area (Å²) in [6.07, 6.45) is 0.462. The Bertz CT molecular complexity index is 222. The van der Waals surface area contributed by atoms with Crippen LogP contribution in [0.1, 0.15) is 20.3 Å². The van der Waals surface area contributed by atoms with Gasteiger partial charge in [-0.2, -0.15) is 0 Å². The van der Waals surface area contributed by atoms with Crippen molar-refractivity contribution in [1.82, 2.24) is 0 Å². The Labute approximate surface area is 60.3 Å². The molecule has 0 spiro atoms. The predicted molar refractivity (Wildman–Crippen MR) is 37.1 cm³/mol. The molecule has 60 valence electrons. The van der Waals surface area contributed by atoms with Crippen LogP contribution < -0.4 is 0 Å². The first-order chi connectivity index (χ1) is 4.46. The third-order valence-electron chi connectivity index (χ3n) is 2.03. The fraction of sp³-hybridized carbons (Fsp3) is 1.00. The fourth-order valence-electron chi connectivity index (χ4n) is 1.31. The summed E-state index contributed by atoms with van der Waals surface area (Å²) in [6, 6.07) is 0. The van der Waals surface area contributed by atoms with Crippen molar-refractivity contribution in [2.75, 3.05) is 0 Å². The molecule has 0 amide bonds. The van der Waals surface area contributed by atoms with Crippen LogP contribution in [-0.4, -0.2) is 19.2 Å². The molecule has 0 bridgehead atoms. The van der Waals surface area contributed by atoms with Gasteiger partial charge in [-0.1, -0.05) is 6.92 Å². The van der Waals surface area contributed by atoms with E-state index in [1.807, 2.05) is 0 Å². The van der Waals surface area contributed by atoms with Gasteiger partial charge >= 0.3 is 0 Å². The summed E-state index contributed by atoms with van der Waals surface area (Å²) in [7, 11) is -3.42. The first kappa shape index (κ1) is 7.98. The SMILES string of the molecule is CC1CC(C)S(=O)(=O)C1F. The van der Waals surface area contributed by atoms with Crippen LogP contribution >= 0.6 is 0 Å². The lowest BCUT2D eigenvalue weighted by Crippen LogP contribution is -2.18. The Morgan fingerprint density at radius 3 is 2.00 bits per heavy atom. The average molecular weight is 166 g/mol. The second-order valence-corrected chi connectivity index (χ2v) is 5.40. The summed E-state index contributed by atoms with van der Waals surface area (Å²) in [5.41, 5.74) is -1.62. The van der Waals surface area contributed by atoms with Crippen molar-refractivity contribution >= 4 is 9.84 Å². The number of rotatable bonds is 0. The second kappa shape index (κ2) is 2.19. The zero-order valence-electron chi connectivity index (χ0n) is 6.04. The number of hydrogen-bond acceptors (Lipinski definition) is 2. The first-order valence-electron chi connectivity index (χ1n) is 3.33. The van der Waals surface area contributed by atoms with E-state index in [0.717, 1.165) is 0 Å². The van der Waals surface area contributed by atoms with Crippen molar-refractivity contribution in [3.05, 3.63) is 0 Å². The van der Waals surface area contributed by atoms with E-state index in [1.54, 1.807) is 13.8 Å². The molecule has 0 saturated carbocycles. The molecular formula is C6H11FO2S. The standard InChI is InChI=1S/C6H11FO2S/c1-4-3-5(2)10(8,9)6(4)7/h4-6H,3H2,1-2H3. The molecule has 1 rings (SSSR count). The molecule has 0 aromatic carbocycles. The first-order valence-corrected chi connectivity index (χ1v) is 4.94. The van der Waals surface area contributed by atoms with Crippen molar-refractivity contribution in [3.63, 3.8) is 0 Å².